The van der Waals surface area contributed by atoms with Crippen LogP contribution in [0, 0.1) is 0 Å². The van der Waals surface area contributed by atoms with Crippen molar-refractivity contribution in [2.75, 3.05) is 13.2 Å². The summed E-state index contributed by atoms with van der Waals surface area (Å²) in [6.07, 6.45) is 46.4. The van der Waals surface area contributed by atoms with Gasteiger partial charge in [-0.2, -0.15) is 0 Å². The van der Waals surface area contributed by atoms with Crippen LogP contribution in [-0.2, 0) is 19.1 Å². The van der Waals surface area contributed by atoms with E-state index in [0.717, 1.165) is 44.9 Å². The molecule has 0 bridgehead atoms. The molecule has 0 N–H and O–H groups in total. The highest BCUT2D eigenvalue weighted by Crippen LogP contribution is 2.15. The van der Waals surface area contributed by atoms with Gasteiger partial charge >= 0.3 is 11.9 Å². The quantitative estimate of drug-likeness (QED) is 0.0483. The molecule has 0 amide bonds. The van der Waals surface area contributed by atoms with E-state index >= 15 is 0 Å². The summed E-state index contributed by atoms with van der Waals surface area (Å²) in [5.74, 6) is -0.0875. The molecular formula is C43H84O4. The molecule has 0 spiro atoms. The fourth-order valence-electron chi connectivity index (χ4n) is 6.53. The number of esters is 2. The van der Waals surface area contributed by atoms with Gasteiger partial charge in [-0.1, -0.05) is 213 Å². The van der Waals surface area contributed by atoms with Crippen LogP contribution in [0.4, 0.5) is 0 Å². The summed E-state index contributed by atoms with van der Waals surface area (Å²) in [6, 6.07) is 0. The molecule has 280 valence electrons. The summed E-state index contributed by atoms with van der Waals surface area (Å²) in [6.45, 7) is 5.73. The monoisotopic (exact) mass is 665 g/mol. The predicted octanol–water partition coefficient (Wildman–Crippen LogP) is 14.5. The summed E-state index contributed by atoms with van der Waals surface area (Å²) in [5, 5.41) is 0. The zero-order valence-corrected chi connectivity index (χ0v) is 32.2. The van der Waals surface area contributed by atoms with Gasteiger partial charge in [0.15, 0.2) is 0 Å². The standard InChI is InChI=1S/C43H84O4/c1-3-5-7-9-11-13-15-17-19-21-23-25-27-32-36-40-46-42(44)38-34-30-29-31-35-39-43(45)47-41-37-33-28-26-24-22-20-18-16-14-12-10-8-6-4-2/h3-41H2,1-2H3. The Labute approximate surface area is 295 Å². The molecule has 0 unspecified atom stereocenters. The molecule has 0 aromatic rings. The van der Waals surface area contributed by atoms with Crippen molar-refractivity contribution in [1.29, 1.82) is 0 Å². The van der Waals surface area contributed by atoms with Crippen molar-refractivity contribution >= 4 is 11.9 Å². The van der Waals surface area contributed by atoms with Crippen LogP contribution in [0.25, 0.3) is 0 Å². The van der Waals surface area contributed by atoms with Crippen molar-refractivity contribution in [1.82, 2.24) is 0 Å². The smallest absolute Gasteiger partial charge is 0.305 e. The van der Waals surface area contributed by atoms with Crippen molar-refractivity contribution < 1.29 is 19.1 Å². The minimum atomic E-state index is -0.0438. The van der Waals surface area contributed by atoms with Crippen LogP contribution in [0.5, 0.6) is 0 Å². The number of ether oxygens (including phenoxy) is 2. The molecule has 0 aliphatic carbocycles. The normalized spacial score (nSPS) is 11.3. The molecule has 47 heavy (non-hydrogen) atoms. The molecule has 0 fully saturated rings. The fraction of sp³-hybridized carbons (Fsp3) is 0.953. The zero-order chi connectivity index (χ0) is 34.1. The Bertz CT molecular complexity index is 567. The van der Waals surface area contributed by atoms with Gasteiger partial charge < -0.3 is 9.47 Å². The van der Waals surface area contributed by atoms with Crippen molar-refractivity contribution in [3.05, 3.63) is 0 Å². The van der Waals surface area contributed by atoms with Crippen molar-refractivity contribution in [3.8, 4) is 0 Å². The largest absolute Gasteiger partial charge is 0.466 e. The lowest BCUT2D eigenvalue weighted by Gasteiger charge is -2.06. The zero-order valence-electron chi connectivity index (χ0n) is 32.2. The minimum absolute atomic E-state index is 0.0438. The Morgan fingerprint density at radius 2 is 0.468 bits per heavy atom. The summed E-state index contributed by atoms with van der Waals surface area (Å²) < 4.78 is 10.8. The van der Waals surface area contributed by atoms with Gasteiger partial charge in [-0.15, -0.1) is 0 Å². The molecule has 0 rings (SSSR count). The maximum Gasteiger partial charge on any atom is 0.305 e. The first-order valence-electron chi connectivity index (χ1n) is 21.5. The molecule has 4 heteroatoms. The molecular weight excluding hydrogens is 580 g/mol. The topological polar surface area (TPSA) is 52.6 Å². The molecule has 0 aliphatic rings. The Morgan fingerprint density at radius 1 is 0.277 bits per heavy atom. The van der Waals surface area contributed by atoms with E-state index in [1.165, 1.54) is 180 Å². The lowest BCUT2D eigenvalue weighted by molar-refractivity contribution is -0.144. The molecule has 0 saturated carbocycles. The summed E-state index contributed by atoms with van der Waals surface area (Å²) in [7, 11) is 0. The summed E-state index contributed by atoms with van der Waals surface area (Å²) in [4.78, 5) is 23.9. The van der Waals surface area contributed by atoms with Gasteiger partial charge in [0, 0.05) is 12.8 Å². The van der Waals surface area contributed by atoms with Gasteiger partial charge in [-0.05, 0) is 25.7 Å². The van der Waals surface area contributed by atoms with Gasteiger partial charge in [0.05, 0.1) is 13.2 Å². The van der Waals surface area contributed by atoms with Gasteiger partial charge in [-0.3, -0.25) is 9.59 Å². The molecule has 0 aromatic carbocycles. The second-order valence-corrected chi connectivity index (χ2v) is 14.6. The highest BCUT2D eigenvalue weighted by Gasteiger charge is 2.05. The van der Waals surface area contributed by atoms with Crippen LogP contribution in [0.1, 0.15) is 251 Å². The lowest BCUT2D eigenvalue weighted by atomic mass is 10.0. The van der Waals surface area contributed by atoms with Crippen LogP contribution in [0.15, 0.2) is 0 Å². The van der Waals surface area contributed by atoms with Crippen molar-refractivity contribution in [2.45, 2.75) is 251 Å². The Balaban J connectivity index is 3.24. The molecule has 0 radical (unpaired) electrons. The fourth-order valence-corrected chi connectivity index (χ4v) is 6.53. The first-order chi connectivity index (χ1) is 23.2. The van der Waals surface area contributed by atoms with E-state index in [2.05, 4.69) is 13.8 Å². The third-order valence-corrected chi connectivity index (χ3v) is 9.78. The highest BCUT2D eigenvalue weighted by molar-refractivity contribution is 5.69. The van der Waals surface area contributed by atoms with Gasteiger partial charge in [-0.25, -0.2) is 0 Å². The van der Waals surface area contributed by atoms with E-state index in [1.807, 2.05) is 0 Å². The number of carbonyl (C=O) groups is 2. The average molecular weight is 665 g/mol. The lowest BCUT2D eigenvalue weighted by Crippen LogP contribution is -2.06. The van der Waals surface area contributed by atoms with Crippen LogP contribution in [0.3, 0.4) is 0 Å². The second kappa shape index (κ2) is 41.1. The van der Waals surface area contributed by atoms with Crippen molar-refractivity contribution in [3.63, 3.8) is 0 Å². The number of hydrogen-bond donors (Lipinski definition) is 0. The van der Waals surface area contributed by atoms with E-state index in [9.17, 15) is 9.59 Å². The van der Waals surface area contributed by atoms with Gasteiger partial charge in [0.25, 0.3) is 0 Å². The molecule has 0 aromatic heterocycles. The van der Waals surface area contributed by atoms with E-state index in [4.69, 9.17) is 9.47 Å². The molecule has 4 nitrogen and oxygen atoms in total. The Hall–Kier alpha value is -1.06. The first kappa shape index (κ1) is 45.9. The number of rotatable bonds is 40. The Kier molecular flexibility index (Phi) is 40.2. The second-order valence-electron chi connectivity index (χ2n) is 14.6. The predicted molar refractivity (Wildman–Crippen MR) is 204 cm³/mol. The molecule has 0 aliphatic heterocycles. The SMILES string of the molecule is CCCCCCCCCCCCCCCCCOC(=O)CCCCCCCC(=O)OCCCCCCCCCCCCCCCCC. The maximum absolute atomic E-state index is 12.0. The van der Waals surface area contributed by atoms with E-state index in [1.54, 1.807) is 0 Å². The highest BCUT2D eigenvalue weighted by atomic mass is 16.5. The molecule has 0 atom stereocenters. The van der Waals surface area contributed by atoms with Crippen LogP contribution < -0.4 is 0 Å². The summed E-state index contributed by atoms with van der Waals surface area (Å²) in [5.41, 5.74) is 0. The van der Waals surface area contributed by atoms with E-state index in [-0.39, 0.29) is 11.9 Å². The summed E-state index contributed by atoms with van der Waals surface area (Å²) >= 11 is 0. The third kappa shape index (κ3) is 41.0. The first-order valence-corrected chi connectivity index (χ1v) is 21.5. The number of hydrogen-bond acceptors (Lipinski definition) is 4. The van der Waals surface area contributed by atoms with Gasteiger partial charge in [0.1, 0.15) is 0 Å². The van der Waals surface area contributed by atoms with Crippen molar-refractivity contribution in [2.24, 2.45) is 0 Å². The van der Waals surface area contributed by atoms with Crippen LogP contribution >= 0.6 is 0 Å². The van der Waals surface area contributed by atoms with E-state index in [0.29, 0.717) is 26.1 Å². The third-order valence-electron chi connectivity index (χ3n) is 9.78. The Morgan fingerprint density at radius 3 is 0.702 bits per heavy atom. The van der Waals surface area contributed by atoms with Crippen LogP contribution in [0.2, 0.25) is 0 Å². The molecule has 0 saturated heterocycles. The maximum atomic E-state index is 12.0. The number of unbranched alkanes of at least 4 members (excludes halogenated alkanes) is 32. The van der Waals surface area contributed by atoms with E-state index < -0.39 is 0 Å². The average Bonchev–Trinajstić information content (AvgIpc) is 3.07. The minimum Gasteiger partial charge on any atom is -0.466 e. The molecule has 0 heterocycles. The van der Waals surface area contributed by atoms with Gasteiger partial charge in [0.2, 0.25) is 0 Å². The van der Waals surface area contributed by atoms with Crippen LogP contribution in [-0.4, -0.2) is 25.2 Å². The number of carbonyl (C=O) groups excluding carboxylic acids is 2.